The Labute approximate surface area is 195 Å². The molecule has 3 aromatic heterocycles. The van der Waals surface area contributed by atoms with Gasteiger partial charge in [-0.3, -0.25) is 28.7 Å². The second-order valence-electron chi connectivity index (χ2n) is 8.31. The first-order valence-electron chi connectivity index (χ1n) is 10.9. The Balaban J connectivity index is 1.33. The number of nitrogens with zero attached hydrogens (tertiary/aromatic N) is 4. The second kappa shape index (κ2) is 8.78. The van der Waals surface area contributed by atoms with E-state index in [0.29, 0.717) is 37.1 Å². The zero-order chi connectivity index (χ0) is 24.7. The number of likely N-dealkylation sites (tertiary alicyclic amines) is 1. The molecule has 1 saturated heterocycles. The van der Waals surface area contributed by atoms with Crippen molar-refractivity contribution >= 4 is 17.1 Å². The Bertz CT molecular complexity index is 1610. The summed E-state index contributed by atoms with van der Waals surface area (Å²) in [5.74, 6) is -2.74. The van der Waals surface area contributed by atoms with Gasteiger partial charge in [0.05, 0.1) is 11.1 Å². The van der Waals surface area contributed by atoms with Gasteiger partial charge in [0, 0.05) is 37.1 Å². The van der Waals surface area contributed by atoms with E-state index in [9.17, 15) is 28.0 Å². The van der Waals surface area contributed by atoms with Gasteiger partial charge < -0.3 is 4.90 Å². The first-order valence-corrected chi connectivity index (χ1v) is 10.9. The molecule has 1 aliphatic heterocycles. The first kappa shape index (κ1) is 22.4. The van der Waals surface area contributed by atoms with Crippen LogP contribution in [0.3, 0.4) is 0 Å². The lowest BCUT2D eigenvalue weighted by Crippen LogP contribution is -2.43. The van der Waals surface area contributed by atoms with Gasteiger partial charge in [-0.2, -0.15) is 0 Å². The molecule has 4 heterocycles. The van der Waals surface area contributed by atoms with Crippen LogP contribution in [0, 0.1) is 11.6 Å². The number of hydrogen-bond acceptors (Lipinski definition) is 5. The number of pyridine rings is 1. The van der Waals surface area contributed by atoms with Crippen molar-refractivity contribution in [3.8, 4) is 11.1 Å². The average molecular weight is 482 g/mol. The number of aromatic nitrogens is 5. The number of amides is 1. The fourth-order valence-corrected chi connectivity index (χ4v) is 4.47. The highest BCUT2D eigenvalue weighted by Gasteiger charge is 2.27. The van der Waals surface area contributed by atoms with Crippen molar-refractivity contribution in [3.05, 3.63) is 85.7 Å². The van der Waals surface area contributed by atoms with E-state index in [0.717, 1.165) is 16.8 Å². The molecule has 5 rings (SSSR count). The van der Waals surface area contributed by atoms with Crippen LogP contribution in [-0.2, 0) is 11.3 Å². The molecule has 4 aromatic rings. The van der Waals surface area contributed by atoms with Crippen molar-refractivity contribution in [2.24, 2.45) is 0 Å². The number of fused-ring (bicyclic) bond motifs is 1. The van der Waals surface area contributed by atoms with E-state index < -0.39 is 22.9 Å². The Morgan fingerprint density at radius 3 is 2.54 bits per heavy atom. The minimum Gasteiger partial charge on any atom is -0.341 e. The molecular formula is C23H20F2N6O4. The predicted octanol–water partition coefficient (Wildman–Crippen LogP) is 1.38. The monoisotopic (exact) mass is 482 g/mol. The van der Waals surface area contributed by atoms with Gasteiger partial charge in [-0.15, -0.1) is 0 Å². The average Bonchev–Trinajstić information content (AvgIpc) is 3.18. The lowest BCUT2D eigenvalue weighted by Gasteiger charge is -2.32. The Morgan fingerprint density at radius 1 is 1.00 bits per heavy atom. The molecule has 0 radical (unpaired) electrons. The Kier molecular flexibility index (Phi) is 5.63. The molecule has 1 amide bonds. The van der Waals surface area contributed by atoms with E-state index in [-0.39, 0.29) is 35.3 Å². The predicted molar refractivity (Wildman–Crippen MR) is 122 cm³/mol. The summed E-state index contributed by atoms with van der Waals surface area (Å²) >= 11 is 0. The Hall–Kier alpha value is -4.35. The first-order chi connectivity index (χ1) is 16.8. The standard InChI is InChI=1S/C23H20F2N6O4/c24-16-4-1-3-14(19(16)25)15-11-30(22(34)28-21(15)33)12-18(32)29-9-6-13(7-10-29)31-17-5-2-8-26-20(17)27-23(31)35/h1-5,8,11,13H,6-7,9-10,12H2,(H,26,27,35)(H,28,33,34). The van der Waals surface area contributed by atoms with Crippen LogP contribution in [0.2, 0.25) is 0 Å². The number of benzene rings is 1. The number of halogens is 2. The van der Waals surface area contributed by atoms with Gasteiger partial charge in [0.1, 0.15) is 6.54 Å². The van der Waals surface area contributed by atoms with E-state index in [1.165, 1.54) is 12.1 Å². The topological polar surface area (TPSA) is 126 Å². The van der Waals surface area contributed by atoms with E-state index in [2.05, 4.69) is 15.0 Å². The molecule has 0 atom stereocenters. The number of piperidine rings is 1. The fraction of sp³-hybridized carbons (Fsp3) is 0.261. The third kappa shape index (κ3) is 4.07. The summed E-state index contributed by atoms with van der Waals surface area (Å²) < 4.78 is 30.5. The summed E-state index contributed by atoms with van der Waals surface area (Å²) in [6.07, 6.45) is 3.69. The van der Waals surface area contributed by atoms with Crippen molar-refractivity contribution in [3.63, 3.8) is 0 Å². The van der Waals surface area contributed by atoms with Gasteiger partial charge in [0.2, 0.25) is 5.91 Å². The van der Waals surface area contributed by atoms with Gasteiger partial charge in [-0.1, -0.05) is 12.1 Å². The van der Waals surface area contributed by atoms with Crippen LogP contribution in [0.1, 0.15) is 18.9 Å². The highest BCUT2D eigenvalue weighted by Crippen LogP contribution is 2.25. The van der Waals surface area contributed by atoms with Gasteiger partial charge >= 0.3 is 11.4 Å². The molecule has 0 saturated carbocycles. The van der Waals surface area contributed by atoms with E-state index in [1.54, 1.807) is 27.8 Å². The number of rotatable bonds is 4. The van der Waals surface area contributed by atoms with Crippen LogP contribution in [0.5, 0.6) is 0 Å². The highest BCUT2D eigenvalue weighted by molar-refractivity contribution is 5.76. The van der Waals surface area contributed by atoms with Crippen molar-refractivity contribution in [2.75, 3.05) is 13.1 Å². The van der Waals surface area contributed by atoms with Crippen molar-refractivity contribution in [1.29, 1.82) is 0 Å². The zero-order valence-corrected chi connectivity index (χ0v) is 18.3. The lowest BCUT2D eigenvalue weighted by molar-refractivity contribution is -0.133. The number of nitrogens with one attached hydrogen (secondary N) is 2. The minimum absolute atomic E-state index is 0.122. The lowest BCUT2D eigenvalue weighted by atomic mass is 10.0. The van der Waals surface area contributed by atoms with Crippen LogP contribution in [0.4, 0.5) is 8.78 Å². The summed E-state index contributed by atoms with van der Waals surface area (Å²) in [5.41, 5.74) is -1.37. The third-order valence-electron chi connectivity index (χ3n) is 6.23. The van der Waals surface area contributed by atoms with Gasteiger partial charge in [-0.05, 0) is 31.0 Å². The number of imidazole rings is 1. The molecule has 0 spiro atoms. The molecule has 10 nitrogen and oxygen atoms in total. The molecule has 2 N–H and O–H groups in total. The number of H-pyrrole nitrogens is 2. The Morgan fingerprint density at radius 2 is 1.77 bits per heavy atom. The van der Waals surface area contributed by atoms with Gasteiger partial charge in [0.15, 0.2) is 17.3 Å². The summed E-state index contributed by atoms with van der Waals surface area (Å²) in [4.78, 5) is 60.3. The molecule has 0 aliphatic carbocycles. The molecular weight excluding hydrogens is 462 g/mol. The summed E-state index contributed by atoms with van der Waals surface area (Å²) in [5, 5.41) is 0. The van der Waals surface area contributed by atoms with Gasteiger partial charge in [0.25, 0.3) is 5.56 Å². The fourth-order valence-electron chi connectivity index (χ4n) is 4.47. The smallest absolute Gasteiger partial charge is 0.328 e. The molecule has 12 heteroatoms. The number of carbonyl (C=O) groups excluding carboxylic acids is 1. The van der Waals surface area contributed by atoms with E-state index in [4.69, 9.17) is 0 Å². The quantitative estimate of drug-likeness (QED) is 0.455. The molecule has 35 heavy (non-hydrogen) atoms. The van der Waals surface area contributed by atoms with Crippen LogP contribution in [0.25, 0.3) is 22.3 Å². The summed E-state index contributed by atoms with van der Waals surface area (Å²) in [7, 11) is 0. The number of carbonyl (C=O) groups is 1. The molecule has 1 aromatic carbocycles. The number of aromatic amines is 2. The molecule has 1 fully saturated rings. The molecule has 180 valence electrons. The van der Waals surface area contributed by atoms with Crippen molar-refractivity contribution in [2.45, 2.75) is 25.4 Å². The van der Waals surface area contributed by atoms with Crippen LogP contribution >= 0.6 is 0 Å². The maximum Gasteiger partial charge on any atom is 0.328 e. The highest BCUT2D eigenvalue weighted by atomic mass is 19.2. The van der Waals surface area contributed by atoms with Crippen LogP contribution in [0.15, 0.2) is 57.1 Å². The third-order valence-corrected chi connectivity index (χ3v) is 6.23. The van der Waals surface area contributed by atoms with E-state index in [1.807, 2.05) is 0 Å². The summed E-state index contributed by atoms with van der Waals surface area (Å²) in [6.45, 7) is 0.319. The maximum atomic E-state index is 14.2. The summed E-state index contributed by atoms with van der Waals surface area (Å²) in [6, 6.07) is 6.80. The van der Waals surface area contributed by atoms with Crippen LogP contribution in [-0.4, -0.2) is 48.0 Å². The van der Waals surface area contributed by atoms with Crippen molar-refractivity contribution < 1.29 is 13.6 Å². The molecule has 1 aliphatic rings. The maximum absolute atomic E-state index is 14.2. The normalized spacial score (nSPS) is 14.5. The SMILES string of the molecule is O=C(Cn1cc(-c2cccc(F)c2F)c(=O)[nH]c1=O)N1CCC(n2c(=O)[nH]c3ncccc32)CC1. The van der Waals surface area contributed by atoms with Crippen LogP contribution < -0.4 is 16.9 Å². The largest absolute Gasteiger partial charge is 0.341 e. The molecule has 0 unspecified atom stereocenters. The second-order valence-corrected chi connectivity index (χ2v) is 8.31. The van der Waals surface area contributed by atoms with Gasteiger partial charge in [-0.25, -0.2) is 23.4 Å². The minimum atomic E-state index is -1.22. The zero-order valence-electron chi connectivity index (χ0n) is 18.3. The molecule has 0 bridgehead atoms. The number of hydrogen-bond donors (Lipinski definition) is 2. The van der Waals surface area contributed by atoms with E-state index >= 15 is 0 Å². The van der Waals surface area contributed by atoms with Crippen molar-refractivity contribution in [1.82, 2.24) is 29.0 Å².